The van der Waals surface area contributed by atoms with E-state index in [1.54, 1.807) is 6.92 Å². The molecule has 3 nitrogen and oxygen atoms in total. The maximum Gasteiger partial charge on any atom is 0.416 e. The molecule has 0 spiro atoms. The molecule has 2 rings (SSSR count). The molecular formula is C12H10F3NO2. The molecule has 0 fully saturated rings. The molecule has 2 aromatic rings. The van der Waals surface area contributed by atoms with Crippen molar-refractivity contribution < 1.29 is 22.3 Å². The van der Waals surface area contributed by atoms with Crippen LogP contribution in [0.25, 0.3) is 0 Å². The third-order valence-electron chi connectivity index (χ3n) is 2.23. The molecule has 0 aliphatic carbocycles. The summed E-state index contributed by atoms with van der Waals surface area (Å²) in [6.45, 7) is 1.83. The molecule has 0 saturated carbocycles. The Kier molecular flexibility index (Phi) is 3.27. The second kappa shape index (κ2) is 4.72. The van der Waals surface area contributed by atoms with Crippen molar-refractivity contribution >= 4 is 0 Å². The van der Waals surface area contributed by atoms with Gasteiger partial charge < -0.3 is 9.15 Å². The Hall–Kier alpha value is -1.98. The van der Waals surface area contributed by atoms with Crippen molar-refractivity contribution in [1.29, 1.82) is 0 Å². The molecule has 0 N–H and O–H groups in total. The highest BCUT2D eigenvalue weighted by molar-refractivity contribution is 5.28. The van der Waals surface area contributed by atoms with Gasteiger partial charge in [0.15, 0.2) is 11.7 Å². The molecule has 1 aromatic carbocycles. The lowest BCUT2D eigenvalue weighted by Crippen LogP contribution is -2.04. The lowest BCUT2D eigenvalue weighted by molar-refractivity contribution is -0.137. The minimum atomic E-state index is -4.33. The third-order valence-corrected chi connectivity index (χ3v) is 2.23. The highest BCUT2D eigenvalue weighted by Gasteiger charge is 2.29. The number of halogens is 3. The highest BCUT2D eigenvalue weighted by atomic mass is 19.4. The van der Waals surface area contributed by atoms with Crippen LogP contribution in [0.3, 0.4) is 0 Å². The molecule has 0 unspecified atom stereocenters. The zero-order chi connectivity index (χ0) is 13.2. The van der Waals surface area contributed by atoms with Gasteiger partial charge in [0, 0.05) is 6.92 Å². The number of alkyl halides is 3. The van der Waals surface area contributed by atoms with Gasteiger partial charge in [-0.2, -0.15) is 13.2 Å². The van der Waals surface area contributed by atoms with Crippen LogP contribution in [0.2, 0.25) is 0 Å². The van der Waals surface area contributed by atoms with E-state index in [9.17, 15) is 13.2 Å². The standard InChI is InChI=1S/C12H10F3NO2/c1-8-16-6-11(18-8)7-17-10-4-2-9(3-5-10)12(13,14)15/h2-6H,7H2,1H3. The molecule has 0 amide bonds. The predicted molar refractivity (Wildman–Crippen MR) is 57.0 cm³/mol. The fraction of sp³-hybridized carbons (Fsp3) is 0.250. The summed E-state index contributed by atoms with van der Waals surface area (Å²) < 4.78 is 47.4. The van der Waals surface area contributed by atoms with Gasteiger partial charge in [-0.1, -0.05) is 0 Å². The van der Waals surface area contributed by atoms with Crippen molar-refractivity contribution in [3.8, 4) is 5.75 Å². The van der Waals surface area contributed by atoms with Crippen LogP contribution < -0.4 is 4.74 Å². The van der Waals surface area contributed by atoms with Crippen LogP contribution in [-0.2, 0) is 12.8 Å². The average molecular weight is 257 g/mol. The van der Waals surface area contributed by atoms with Crippen molar-refractivity contribution in [2.24, 2.45) is 0 Å². The Morgan fingerprint density at radius 2 is 1.89 bits per heavy atom. The van der Waals surface area contributed by atoms with E-state index < -0.39 is 11.7 Å². The second-order valence-electron chi connectivity index (χ2n) is 3.66. The number of nitrogens with zero attached hydrogens (tertiary/aromatic N) is 1. The Balaban J connectivity index is 1.98. The minimum Gasteiger partial charge on any atom is -0.486 e. The number of aryl methyl sites for hydroxylation is 1. The largest absolute Gasteiger partial charge is 0.486 e. The Morgan fingerprint density at radius 3 is 2.39 bits per heavy atom. The topological polar surface area (TPSA) is 35.3 Å². The fourth-order valence-corrected chi connectivity index (χ4v) is 1.37. The maximum atomic E-state index is 12.3. The second-order valence-corrected chi connectivity index (χ2v) is 3.66. The van der Waals surface area contributed by atoms with Crippen molar-refractivity contribution in [3.63, 3.8) is 0 Å². The first-order valence-electron chi connectivity index (χ1n) is 5.16. The molecule has 0 bridgehead atoms. The van der Waals surface area contributed by atoms with Gasteiger partial charge in [-0.3, -0.25) is 0 Å². The van der Waals surface area contributed by atoms with Crippen molar-refractivity contribution in [1.82, 2.24) is 4.98 Å². The lowest BCUT2D eigenvalue weighted by Gasteiger charge is -2.08. The summed E-state index contributed by atoms with van der Waals surface area (Å²) in [6.07, 6.45) is -2.82. The van der Waals surface area contributed by atoms with Crippen LogP contribution in [0.15, 0.2) is 34.9 Å². The minimum absolute atomic E-state index is 0.131. The quantitative estimate of drug-likeness (QED) is 0.843. The molecule has 96 valence electrons. The first kappa shape index (κ1) is 12.5. The number of hydrogen-bond donors (Lipinski definition) is 0. The van der Waals surface area contributed by atoms with Gasteiger partial charge in [-0.15, -0.1) is 0 Å². The number of rotatable bonds is 3. The Bertz CT molecular complexity index is 517. The summed E-state index contributed by atoms with van der Waals surface area (Å²) in [6, 6.07) is 4.49. The summed E-state index contributed by atoms with van der Waals surface area (Å²) in [4.78, 5) is 3.88. The first-order valence-corrected chi connectivity index (χ1v) is 5.16. The average Bonchev–Trinajstić information content (AvgIpc) is 2.72. The fourth-order valence-electron chi connectivity index (χ4n) is 1.37. The summed E-state index contributed by atoms with van der Waals surface area (Å²) in [5.41, 5.74) is -0.703. The molecule has 0 atom stereocenters. The predicted octanol–water partition coefficient (Wildman–Crippen LogP) is 3.58. The number of ether oxygens (including phenoxy) is 1. The molecule has 6 heteroatoms. The maximum absolute atomic E-state index is 12.3. The van der Waals surface area contributed by atoms with E-state index in [1.165, 1.54) is 18.3 Å². The van der Waals surface area contributed by atoms with E-state index >= 15 is 0 Å². The third kappa shape index (κ3) is 3.03. The Labute approximate surface area is 101 Å². The van der Waals surface area contributed by atoms with Gasteiger partial charge in [-0.05, 0) is 24.3 Å². The van der Waals surface area contributed by atoms with Gasteiger partial charge in [0.1, 0.15) is 12.4 Å². The zero-order valence-electron chi connectivity index (χ0n) is 9.49. The van der Waals surface area contributed by atoms with Crippen molar-refractivity contribution in [2.45, 2.75) is 19.7 Å². The van der Waals surface area contributed by atoms with Gasteiger partial charge >= 0.3 is 6.18 Å². The molecular weight excluding hydrogens is 247 g/mol. The molecule has 18 heavy (non-hydrogen) atoms. The van der Waals surface area contributed by atoms with Crippen LogP contribution in [-0.4, -0.2) is 4.98 Å². The molecule has 0 aliphatic rings. The van der Waals surface area contributed by atoms with E-state index in [0.29, 0.717) is 17.4 Å². The number of hydrogen-bond acceptors (Lipinski definition) is 3. The number of oxazole rings is 1. The van der Waals surface area contributed by atoms with Gasteiger partial charge in [0.05, 0.1) is 11.8 Å². The normalized spacial score (nSPS) is 11.6. The van der Waals surface area contributed by atoms with Gasteiger partial charge in [0.25, 0.3) is 0 Å². The summed E-state index contributed by atoms with van der Waals surface area (Å²) in [7, 11) is 0. The highest BCUT2D eigenvalue weighted by Crippen LogP contribution is 2.30. The summed E-state index contributed by atoms with van der Waals surface area (Å²) >= 11 is 0. The van der Waals surface area contributed by atoms with Crippen LogP contribution in [0.1, 0.15) is 17.2 Å². The van der Waals surface area contributed by atoms with Crippen molar-refractivity contribution in [2.75, 3.05) is 0 Å². The molecule has 0 saturated heterocycles. The first-order chi connectivity index (χ1) is 8.45. The molecule has 1 aromatic heterocycles. The summed E-state index contributed by atoms with van der Waals surface area (Å²) in [5, 5.41) is 0. The van der Waals surface area contributed by atoms with E-state index in [2.05, 4.69) is 4.98 Å². The zero-order valence-corrected chi connectivity index (χ0v) is 9.49. The molecule has 0 radical (unpaired) electrons. The van der Waals surface area contributed by atoms with Crippen LogP contribution in [0, 0.1) is 6.92 Å². The monoisotopic (exact) mass is 257 g/mol. The Morgan fingerprint density at radius 1 is 1.22 bits per heavy atom. The molecule has 0 aliphatic heterocycles. The van der Waals surface area contributed by atoms with Crippen LogP contribution in [0.5, 0.6) is 5.75 Å². The van der Waals surface area contributed by atoms with E-state index in [4.69, 9.17) is 9.15 Å². The van der Waals surface area contributed by atoms with E-state index in [1.807, 2.05) is 0 Å². The van der Waals surface area contributed by atoms with Crippen LogP contribution in [0.4, 0.5) is 13.2 Å². The van der Waals surface area contributed by atoms with E-state index in [-0.39, 0.29) is 6.61 Å². The summed E-state index contributed by atoms with van der Waals surface area (Å²) in [5.74, 6) is 1.38. The van der Waals surface area contributed by atoms with E-state index in [0.717, 1.165) is 12.1 Å². The van der Waals surface area contributed by atoms with Crippen molar-refractivity contribution in [3.05, 3.63) is 47.7 Å². The molecule has 1 heterocycles. The van der Waals surface area contributed by atoms with Crippen LogP contribution >= 0.6 is 0 Å². The smallest absolute Gasteiger partial charge is 0.416 e. The van der Waals surface area contributed by atoms with Gasteiger partial charge in [0.2, 0.25) is 0 Å². The van der Waals surface area contributed by atoms with Gasteiger partial charge in [-0.25, -0.2) is 4.98 Å². The number of aromatic nitrogens is 1. The SMILES string of the molecule is Cc1ncc(COc2ccc(C(F)(F)F)cc2)o1. The number of benzene rings is 1. The lowest BCUT2D eigenvalue weighted by atomic mass is 10.2.